The molecule has 0 aliphatic heterocycles. The number of ether oxygens (including phenoxy) is 2. The van der Waals surface area contributed by atoms with E-state index in [0.29, 0.717) is 11.3 Å². The number of para-hydroxylation sites is 1. The second-order valence-corrected chi connectivity index (χ2v) is 4.90. The first-order valence-electron chi connectivity index (χ1n) is 7.09. The van der Waals surface area contributed by atoms with Crippen LogP contribution in [0.4, 0.5) is 0 Å². The van der Waals surface area contributed by atoms with Gasteiger partial charge in [0.2, 0.25) is 0 Å². The maximum absolute atomic E-state index is 12.4. The minimum atomic E-state index is -0.930. The molecular weight excluding hydrogens is 332 g/mol. The van der Waals surface area contributed by atoms with Gasteiger partial charge in [0, 0.05) is 13.1 Å². The fraction of sp³-hybridized carbons (Fsp3) is 0.188. The summed E-state index contributed by atoms with van der Waals surface area (Å²) < 4.78 is 10.3. The lowest BCUT2D eigenvalue weighted by Crippen LogP contribution is -2.13. The van der Waals surface area contributed by atoms with Crippen LogP contribution in [0.15, 0.2) is 36.5 Å². The Labute approximate surface area is 142 Å². The van der Waals surface area contributed by atoms with E-state index < -0.39 is 17.0 Å². The van der Waals surface area contributed by atoms with Crippen LogP contribution in [-0.4, -0.2) is 22.0 Å². The number of carbonyl (C=O) groups excluding carboxylic acids is 2. The molecule has 1 aromatic heterocycles. The third kappa shape index (κ3) is 4.99. The summed E-state index contributed by atoms with van der Waals surface area (Å²) in [6.45, 7) is 2.50. The smallest absolute Gasteiger partial charge is 0.347 e. The van der Waals surface area contributed by atoms with Crippen molar-refractivity contribution in [1.82, 2.24) is 4.98 Å². The fourth-order valence-corrected chi connectivity index (χ4v) is 1.90. The summed E-state index contributed by atoms with van der Waals surface area (Å²) in [5, 5.41) is 9.32. The Hall–Kier alpha value is -3.49. The zero-order chi connectivity index (χ0) is 18.4. The number of carbonyl (C=O) groups is 2. The molecule has 0 saturated carbocycles. The molecular formula is C16H14N2O7. The summed E-state index contributed by atoms with van der Waals surface area (Å²) >= 11 is 0. The van der Waals surface area contributed by atoms with E-state index in [4.69, 9.17) is 9.47 Å². The monoisotopic (exact) mass is 346 g/mol. The molecule has 0 bridgehead atoms. The number of hydrogen-bond donors (Lipinski definition) is 0. The van der Waals surface area contributed by atoms with E-state index in [1.54, 1.807) is 19.1 Å². The Morgan fingerprint density at radius 1 is 1.20 bits per heavy atom. The largest absolute Gasteiger partial charge is 0.426 e. The molecule has 0 aliphatic carbocycles. The third-order valence-electron chi connectivity index (χ3n) is 3.00. The Morgan fingerprint density at radius 3 is 2.60 bits per heavy atom. The molecule has 0 aliphatic rings. The number of hydrogen-bond acceptors (Lipinski definition) is 8. The summed E-state index contributed by atoms with van der Waals surface area (Å²) in [5.41, 5.74) is 0.825. The van der Waals surface area contributed by atoms with E-state index in [1.165, 1.54) is 31.3 Å². The number of aryl methyl sites for hydroxylation is 1. The van der Waals surface area contributed by atoms with E-state index >= 15 is 0 Å². The molecule has 0 N–H and O–H groups in total. The van der Waals surface area contributed by atoms with Crippen molar-refractivity contribution in [3.8, 4) is 11.5 Å². The highest BCUT2D eigenvalue weighted by molar-refractivity contribution is 5.94. The first kappa shape index (κ1) is 17.9. The van der Waals surface area contributed by atoms with Crippen molar-refractivity contribution in [2.24, 2.45) is 0 Å². The zero-order valence-corrected chi connectivity index (χ0v) is 13.4. The highest BCUT2D eigenvalue weighted by Crippen LogP contribution is 2.23. The average Bonchev–Trinajstić information content (AvgIpc) is 2.55. The first-order valence-corrected chi connectivity index (χ1v) is 7.09. The van der Waals surface area contributed by atoms with Gasteiger partial charge in [0.15, 0.2) is 5.75 Å². The second-order valence-electron chi connectivity index (χ2n) is 4.90. The van der Waals surface area contributed by atoms with Crippen molar-refractivity contribution in [2.45, 2.75) is 20.5 Å². The number of aromatic nitrogens is 1. The number of nitrogens with zero attached hydrogens (tertiary/aromatic N) is 2. The van der Waals surface area contributed by atoms with Crippen LogP contribution >= 0.6 is 0 Å². The molecule has 0 amide bonds. The number of rotatable bonds is 6. The van der Waals surface area contributed by atoms with Crippen LogP contribution < -0.4 is 9.47 Å². The van der Waals surface area contributed by atoms with Gasteiger partial charge >= 0.3 is 11.9 Å². The van der Waals surface area contributed by atoms with Crippen LogP contribution in [0.5, 0.6) is 11.5 Å². The van der Waals surface area contributed by atoms with E-state index in [0.717, 1.165) is 0 Å². The van der Waals surface area contributed by atoms with Crippen molar-refractivity contribution in [3.05, 3.63) is 63.5 Å². The Bertz CT molecular complexity index is 820. The SMILES string of the molecule is CC(=O)Oc1ccccc1C(=O)Oc1cc(CO[N+](=O)[O-])cnc1C. The predicted molar refractivity (Wildman–Crippen MR) is 83.5 cm³/mol. The summed E-state index contributed by atoms with van der Waals surface area (Å²) in [7, 11) is 0. The van der Waals surface area contributed by atoms with E-state index in [2.05, 4.69) is 9.82 Å². The summed E-state index contributed by atoms with van der Waals surface area (Å²) in [6, 6.07) is 7.53. The molecule has 2 rings (SSSR count). The van der Waals surface area contributed by atoms with E-state index in [1.807, 2.05) is 0 Å². The van der Waals surface area contributed by atoms with Gasteiger partial charge in [0.1, 0.15) is 17.9 Å². The molecule has 0 radical (unpaired) electrons. The van der Waals surface area contributed by atoms with E-state index in [9.17, 15) is 19.7 Å². The maximum atomic E-state index is 12.4. The van der Waals surface area contributed by atoms with Gasteiger partial charge in [0.05, 0.1) is 5.69 Å². The molecule has 25 heavy (non-hydrogen) atoms. The lowest BCUT2D eigenvalue weighted by Gasteiger charge is -2.11. The van der Waals surface area contributed by atoms with Crippen LogP contribution in [0.25, 0.3) is 0 Å². The molecule has 1 aromatic carbocycles. The number of pyridine rings is 1. The third-order valence-corrected chi connectivity index (χ3v) is 3.00. The molecule has 0 atom stereocenters. The number of esters is 2. The Kier molecular flexibility index (Phi) is 5.62. The van der Waals surface area contributed by atoms with Crippen molar-refractivity contribution >= 4 is 11.9 Å². The van der Waals surface area contributed by atoms with Gasteiger partial charge in [-0.3, -0.25) is 9.78 Å². The van der Waals surface area contributed by atoms with Crippen LogP contribution in [0.3, 0.4) is 0 Å². The van der Waals surface area contributed by atoms with Gasteiger partial charge in [-0.2, -0.15) is 0 Å². The minimum Gasteiger partial charge on any atom is -0.426 e. The summed E-state index contributed by atoms with van der Waals surface area (Å²) in [4.78, 5) is 42.0. The molecule has 130 valence electrons. The van der Waals surface area contributed by atoms with Crippen LogP contribution in [0.1, 0.15) is 28.5 Å². The van der Waals surface area contributed by atoms with Gasteiger partial charge in [0.25, 0.3) is 5.09 Å². The summed E-state index contributed by atoms with van der Waals surface area (Å²) in [6.07, 6.45) is 1.38. The topological polar surface area (TPSA) is 118 Å². The van der Waals surface area contributed by atoms with Crippen LogP contribution in [0.2, 0.25) is 0 Å². The molecule has 9 nitrogen and oxygen atoms in total. The van der Waals surface area contributed by atoms with Crippen LogP contribution in [-0.2, 0) is 16.2 Å². The molecule has 1 heterocycles. The molecule has 0 spiro atoms. The van der Waals surface area contributed by atoms with Gasteiger partial charge in [-0.15, -0.1) is 10.1 Å². The lowest BCUT2D eigenvalue weighted by molar-refractivity contribution is -0.763. The number of benzene rings is 1. The van der Waals surface area contributed by atoms with Crippen LogP contribution in [0, 0.1) is 17.0 Å². The van der Waals surface area contributed by atoms with Crippen molar-refractivity contribution < 1.29 is 29.0 Å². The highest BCUT2D eigenvalue weighted by Gasteiger charge is 2.17. The Morgan fingerprint density at radius 2 is 1.92 bits per heavy atom. The molecule has 0 saturated heterocycles. The Balaban J connectivity index is 2.22. The molecule has 0 unspecified atom stereocenters. The normalized spacial score (nSPS) is 10.0. The summed E-state index contributed by atoms with van der Waals surface area (Å²) in [5.74, 6) is -1.14. The minimum absolute atomic E-state index is 0.0593. The van der Waals surface area contributed by atoms with E-state index in [-0.39, 0.29) is 23.7 Å². The second kappa shape index (κ2) is 7.86. The molecule has 0 fully saturated rings. The van der Waals surface area contributed by atoms with Crippen molar-refractivity contribution in [2.75, 3.05) is 0 Å². The first-order chi connectivity index (χ1) is 11.9. The predicted octanol–water partition coefficient (Wildman–Crippen LogP) is 2.24. The average molecular weight is 346 g/mol. The van der Waals surface area contributed by atoms with Gasteiger partial charge in [-0.25, -0.2) is 4.79 Å². The molecule has 9 heteroatoms. The quantitative estimate of drug-likeness (QED) is 0.338. The van der Waals surface area contributed by atoms with Gasteiger partial charge < -0.3 is 14.3 Å². The lowest BCUT2D eigenvalue weighted by atomic mass is 10.2. The standard InChI is InChI=1S/C16H14N2O7/c1-10-15(7-12(8-17-10)9-23-18(21)22)25-16(20)13-5-3-4-6-14(13)24-11(2)19/h3-8H,9H2,1-2H3. The maximum Gasteiger partial charge on any atom is 0.347 e. The van der Waals surface area contributed by atoms with Crippen molar-refractivity contribution in [1.29, 1.82) is 0 Å². The molecule has 2 aromatic rings. The van der Waals surface area contributed by atoms with Crippen molar-refractivity contribution in [3.63, 3.8) is 0 Å². The van der Waals surface area contributed by atoms with Gasteiger partial charge in [-0.1, -0.05) is 12.1 Å². The fourth-order valence-electron chi connectivity index (χ4n) is 1.90. The van der Waals surface area contributed by atoms with Gasteiger partial charge in [-0.05, 0) is 30.7 Å². The highest BCUT2D eigenvalue weighted by atomic mass is 16.9. The zero-order valence-electron chi connectivity index (χ0n) is 13.4.